The second kappa shape index (κ2) is 4.83. The van der Waals surface area contributed by atoms with Gasteiger partial charge in [-0.05, 0) is 43.4 Å². The number of rotatable bonds is 4. The van der Waals surface area contributed by atoms with Crippen LogP contribution in [0.4, 0.5) is 0 Å². The largest absolute Gasteiger partial charge is 0.481 e. The van der Waals surface area contributed by atoms with Gasteiger partial charge < -0.3 is 15.2 Å². The molecule has 5 nitrogen and oxygen atoms in total. The molecule has 0 spiro atoms. The molecule has 4 aliphatic rings. The molecule has 2 bridgehead atoms. The van der Waals surface area contributed by atoms with E-state index in [0.29, 0.717) is 12.5 Å². The van der Waals surface area contributed by atoms with E-state index >= 15 is 0 Å². The molecule has 5 heteroatoms. The molecular formula is C16H21NO4. The Morgan fingerprint density at radius 3 is 2.48 bits per heavy atom. The Labute approximate surface area is 123 Å². The maximum absolute atomic E-state index is 12.6. The maximum Gasteiger partial charge on any atom is 0.307 e. The van der Waals surface area contributed by atoms with Gasteiger partial charge in [-0.15, -0.1) is 0 Å². The van der Waals surface area contributed by atoms with Crippen LogP contribution < -0.4 is 5.32 Å². The summed E-state index contributed by atoms with van der Waals surface area (Å²) in [4.78, 5) is 24.1. The molecule has 0 aromatic heterocycles. The van der Waals surface area contributed by atoms with E-state index in [-0.39, 0.29) is 29.9 Å². The van der Waals surface area contributed by atoms with E-state index in [2.05, 4.69) is 5.32 Å². The Bertz CT molecular complexity index is 499. The fourth-order valence-corrected chi connectivity index (χ4v) is 4.45. The fraction of sp³-hybridized carbons (Fsp3) is 0.750. The smallest absolute Gasteiger partial charge is 0.307 e. The molecule has 1 amide bonds. The molecule has 21 heavy (non-hydrogen) atoms. The number of ether oxygens (including phenoxy) is 1. The molecule has 1 aliphatic heterocycles. The van der Waals surface area contributed by atoms with Crippen LogP contribution in [0.25, 0.3) is 0 Å². The minimum atomic E-state index is -0.839. The molecule has 6 unspecified atom stereocenters. The first-order chi connectivity index (χ1) is 10.1. The highest BCUT2D eigenvalue weighted by atomic mass is 16.5. The normalized spacial score (nSPS) is 44.2. The monoisotopic (exact) mass is 291 g/mol. The van der Waals surface area contributed by atoms with Crippen LogP contribution in [0.5, 0.6) is 0 Å². The zero-order valence-corrected chi connectivity index (χ0v) is 11.9. The Morgan fingerprint density at radius 2 is 1.81 bits per heavy atom. The average Bonchev–Trinajstić information content (AvgIpc) is 2.89. The number of amides is 1. The van der Waals surface area contributed by atoms with Gasteiger partial charge in [0.2, 0.25) is 5.91 Å². The predicted octanol–water partition coefficient (Wildman–Crippen LogP) is 1.19. The summed E-state index contributed by atoms with van der Waals surface area (Å²) in [7, 11) is 0. The third-order valence-electron chi connectivity index (χ3n) is 5.60. The Hall–Kier alpha value is -1.36. The van der Waals surface area contributed by atoms with Crippen molar-refractivity contribution in [2.75, 3.05) is 6.61 Å². The van der Waals surface area contributed by atoms with Crippen molar-refractivity contribution in [2.45, 2.75) is 37.8 Å². The van der Waals surface area contributed by atoms with Crippen molar-refractivity contribution in [3.8, 4) is 0 Å². The number of hydrogen-bond acceptors (Lipinski definition) is 3. The van der Waals surface area contributed by atoms with Gasteiger partial charge in [0.25, 0.3) is 0 Å². The topological polar surface area (TPSA) is 75.6 Å². The summed E-state index contributed by atoms with van der Waals surface area (Å²) in [5.41, 5.74) is 0. The molecule has 3 fully saturated rings. The second-order valence-corrected chi connectivity index (χ2v) is 6.91. The van der Waals surface area contributed by atoms with E-state index in [1.807, 2.05) is 12.2 Å². The number of carbonyl (C=O) groups is 2. The van der Waals surface area contributed by atoms with Gasteiger partial charge in [0.1, 0.15) is 0 Å². The summed E-state index contributed by atoms with van der Waals surface area (Å²) in [5.74, 6) is -1.17. The number of carbonyl (C=O) groups excluding carboxylic acids is 1. The first kappa shape index (κ1) is 13.3. The highest BCUT2D eigenvalue weighted by molar-refractivity contribution is 5.87. The first-order valence-corrected chi connectivity index (χ1v) is 7.98. The summed E-state index contributed by atoms with van der Waals surface area (Å²) in [6.45, 7) is 0.699. The lowest BCUT2D eigenvalue weighted by Gasteiger charge is -2.27. The number of fused-ring (bicyclic) bond motifs is 2. The number of allylic oxidation sites excluding steroid dienone is 2. The summed E-state index contributed by atoms with van der Waals surface area (Å²) in [6.07, 6.45) is 8.17. The van der Waals surface area contributed by atoms with Crippen molar-refractivity contribution < 1.29 is 19.4 Å². The molecule has 2 saturated carbocycles. The maximum atomic E-state index is 12.6. The molecular weight excluding hydrogens is 270 g/mol. The van der Waals surface area contributed by atoms with Gasteiger partial charge in [-0.1, -0.05) is 12.2 Å². The number of hydrogen-bond donors (Lipinski definition) is 2. The summed E-state index contributed by atoms with van der Waals surface area (Å²) in [5, 5.41) is 12.5. The fourth-order valence-electron chi connectivity index (χ4n) is 4.45. The van der Waals surface area contributed by atoms with E-state index in [1.165, 1.54) is 12.8 Å². The minimum Gasteiger partial charge on any atom is -0.481 e. The molecule has 6 atom stereocenters. The average molecular weight is 291 g/mol. The van der Waals surface area contributed by atoms with E-state index in [0.717, 1.165) is 12.8 Å². The lowest BCUT2D eigenvalue weighted by Crippen LogP contribution is -2.47. The van der Waals surface area contributed by atoms with E-state index < -0.39 is 17.8 Å². The summed E-state index contributed by atoms with van der Waals surface area (Å²) in [6, 6.07) is 0.0718. The molecule has 0 radical (unpaired) electrons. The van der Waals surface area contributed by atoms with Crippen LogP contribution in [0.3, 0.4) is 0 Å². The Balaban J connectivity index is 1.47. The third-order valence-corrected chi connectivity index (χ3v) is 5.60. The van der Waals surface area contributed by atoms with Crippen LogP contribution >= 0.6 is 0 Å². The van der Waals surface area contributed by atoms with Gasteiger partial charge in [-0.25, -0.2) is 0 Å². The van der Waals surface area contributed by atoms with Crippen LogP contribution in [0.1, 0.15) is 25.7 Å². The van der Waals surface area contributed by atoms with E-state index in [9.17, 15) is 14.7 Å². The van der Waals surface area contributed by atoms with Crippen LogP contribution in [0.15, 0.2) is 12.2 Å². The van der Waals surface area contributed by atoms with E-state index in [1.54, 1.807) is 0 Å². The molecule has 2 N–H and O–H groups in total. The standard InChI is InChI=1S/C16H21NO4/c18-15(17-11-5-6-21-14(11)8-1-2-8)12-9-3-4-10(7-9)13(12)16(19)20/h3-4,8-14H,1-2,5-7H2,(H,17,18)(H,19,20). The van der Waals surface area contributed by atoms with Crippen molar-refractivity contribution in [1.82, 2.24) is 5.32 Å². The van der Waals surface area contributed by atoms with Crippen molar-refractivity contribution in [2.24, 2.45) is 29.6 Å². The van der Waals surface area contributed by atoms with E-state index in [4.69, 9.17) is 4.74 Å². The zero-order chi connectivity index (χ0) is 14.6. The lowest BCUT2D eigenvalue weighted by atomic mass is 9.82. The minimum absolute atomic E-state index is 0.0299. The number of carboxylic acids is 1. The number of nitrogens with one attached hydrogen (secondary N) is 1. The second-order valence-electron chi connectivity index (χ2n) is 6.91. The van der Waals surface area contributed by atoms with Crippen LogP contribution in [-0.2, 0) is 14.3 Å². The molecule has 3 aliphatic carbocycles. The summed E-state index contributed by atoms with van der Waals surface area (Å²) < 4.78 is 5.74. The Morgan fingerprint density at radius 1 is 1.10 bits per heavy atom. The van der Waals surface area contributed by atoms with Gasteiger partial charge in [-0.3, -0.25) is 9.59 Å². The third kappa shape index (κ3) is 2.18. The quantitative estimate of drug-likeness (QED) is 0.763. The van der Waals surface area contributed by atoms with Crippen molar-refractivity contribution in [3.05, 3.63) is 12.2 Å². The van der Waals surface area contributed by atoms with Crippen LogP contribution in [-0.4, -0.2) is 35.7 Å². The Kier molecular flexibility index (Phi) is 3.06. The number of carboxylic acid groups (broad SMARTS) is 1. The molecule has 1 heterocycles. The number of aliphatic carboxylic acids is 1. The molecule has 114 valence electrons. The zero-order valence-electron chi connectivity index (χ0n) is 11.9. The molecule has 0 aromatic carbocycles. The highest BCUT2D eigenvalue weighted by Crippen LogP contribution is 2.48. The van der Waals surface area contributed by atoms with Crippen LogP contribution in [0, 0.1) is 29.6 Å². The van der Waals surface area contributed by atoms with Crippen molar-refractivity contribution in [1.29, 1.82) is 0 Å². The van der Waals surface area contributed by atoms with Crippen molar-refractivity contribution >= 4 is 11.9 Å². The molecule has 0 aromatic rings. The summed E-state index contributed by atoms with van der Waals surface area (Å²) >= 11 is 0. The van der Waals surface area contributed by atoms with Crippen molar-refractivity contribution in [3.63, 3.8) is 0 Å². The first-order valence-electron chi connectivity index (χ1n) is 7.98. The van der Waals surface area contributed by atoms with Crippen LogP contribution in [0.2, 0.25) is 0 Å². The van der Waals surface area contributed by atoms with Gasteiger partial charge in [-0.2, -0.15) is 0 Å². The lowest BCUT2D eigenvalue weighted by molar-refractivity contribution is -0.148. The van der Waals surface area contributed by atoms with Gasteiger partial charge in [0.05, 0.1) is 24.0 Å². The van der Waals surface area contributed by atoms with Gasteiger partial charge in [0.15, 0.2) is 0 Å². The highest BCUT2D eigenvalue weighted by Gasteiger charge is 2.52. The van der Waals surface area contributed by atoms with Gasteiger partial charge >= 0.3 is 5.97 Å². The molecule has 1 saturated heterocycles. The molecule has 4 rings (SSSR count). The van der Waals surface area contributed by atoms with Gasteiger partial charge in [0, 0.05) is 6.61 Å². The SMILES string of the molecule is O=C(O)C1C2C=CC(C2)C1C(=O)NC1CCOC1C1CC1. The predicted molar refractivity (Wildman–Crippen MR) is 74.4 cm³/mol.